The van der Waals surface area contributed by atoms with E-state index in [1.54, 1.807) is 13.2 Å². The largest absolute Gasteiger partial charge is 0.464 e. The summed E-state index contributed by atoms with van der Waals surface area (Å²) in [6, 6.07) is 6.88. The van der Waals surface area contributed by atoms with Crippen LogP contribution in [-0.2, 0) is 20.7 Å². The minimum Gasteiger partial charge on any atom is -0.464 e. The normalized spacial score (nSPS) is 12.1. The van der Waals surface area contributed by atoms with E-state index in [2.05, 4.69) is 5.32 Å². The lowest BCUT2D eigenvalue weighted by Gasteiger charge is -2.16. The van der Waals surface area contributed by atoms with E-state index in [4.69, 9.17) is 9.15 Å². The number of amides is 1. The highest BCUT2D eigenvalue weighted by molar-refractivity contribution is 5.84. The van der Waals surface area contributed by atoms with Gasteiger partial charge in [-0.05, 0) is 24.6 Å². The number of hydrogen-bond donors (Lipinski definition) is 1. The molecule has 2 aromatic rings. The summed E-state index contributed by atoms with van der Waals surface area (Å²) in [6.45, 7) is 3.39. The smallest absolute Gasteiger partial charge is 0.328 e. The monoisotopic (exact) mass is 275 g/mol. The van der Waals surface area contributed by atoms with Crippen molar-refractivity contribution in [1.82, 2.24) is 5.32 Å². The Morgan fingerprint density at radius 1 is 1.35 bits per heavy atom. The van der Waals surface area contributed by atoms with E-state index in [0.29, 0.717) is 6.42 Å². The van der Waals surface area contributed by atoms with Crippen LogP contribution in [0.25, 0.3) is 11.0 Å². The van der Waals surface area contributed by atoms with Gasteiger partial charge >= 0.3 is 5.97 Å². The van der Waals surface area contributed by atoms with Crippen molar-refractivity contribution >= 4 is 22.8 Å². The van der Waals surface area contributed by atoms with Crippen LogP contribution < -0.4 is 5.32 Å². The Morgan fingerprint density at radius 3 is 2.85 bits per heavy atom. The van der Waals surface area contributed by atoms with Crippen LogP contribution in [0.3, 0.4) is 0 Å². The predicted octanol–water partition coefficient (Wildman–Crippen LogP) is 2.04. The number of ether oxygens (including phenoxy) is 1. The number of furan rings is 1. The van der Waals surface area contributed by atoms with Crippen LogP contribution in [0.5, 0.6) is 0 Å². The van der Waals surface area contributed by atoms with Crippen LogP contribution in [0, 0.1) is 0 Å². The fraction of sp³-hybridized carbons (Fsp3) is 0.333. The zero-order chi connectivity index (χ0) is 14.5. The van der Waals surface area contributed by atoms with Gasteiger partial charge in [0.2, 0.25) is 5.91 Å². The molecule has 0 fully saturated rings. The lowest BCUT2D eigenvalue weighted by Crippen LogP contribution is -2.42. The van der Waals surface area contributed by atoms with Crippen molar-refractivity contribution in [2.24, 2.45) is 0 Å². The summed E-state index contributed by atoms with van der Waals surface area (Å²) in [5.41, 5.74) is 1.66. The summed E-state index contributed by atoms with van der Waals surface area (Å²) in [5.74, 6) is -0.690. The molecule has 5 heteroatoms. The Hall–Kier alpha value is -2.30. The minimum atomic E-state index is -0.681. The first-order valence-corrected chi connectivity index (χ1v) is 6.50. The first-order chi connectivity index (χ1) is 9.60. The number of carbonyl (C=O) groups is 2. The van der Waals surface area contributed by atoms with Gasteiger partial charge in [0.15, 0.2) is 0 Å². The lowest BCUT2D eigenvalue weighted by molar-refractivity contribution is -0.147. The molecule has 0 radical (unpaired) electrons. The van der Waals surface area contributed by atoms with Crippen LogP contribution in [0.1, 0.15) is 19.4 Å². The molecule has 1 aromatic carbocycles. The maximum Gasteiger partial charge on any atom is 0.328 e. The molecule has 106 valence electrons. The molecule has 0 aliphatic rings. The average molecular weight is 275 g/mol. The fourth-order valence-corrected chi connectivity index (χ4v) is 2.04. The van der Waals surface area contributed by atoms with E-state index < -0.39 is 12.0 Å². The second-order valence-electron chi connectivity index (χ2n) is 4.50. The number of nitrogens with one attached hydrogen (secondary N) is 1. The van der Waals surface area contributed by atoms with Gasteiger partial charge in [0.25, 0.3) is 0 Å². The van der Waals surface area contributed by atoms with Crippen molar-refractivity contribution in [3.63, 3.8) is 0 Å². The van der Waals surface area contributed by atoms with Crippen molar-refractivity contribution in [2.75, 3.05) is 6.61 Å². The van der Waals surface area contributed by atoms with Gasteiger partial charge in [0.1, 0.15) is 11.6 Å². The van der Waals surface area contributed by atoms with Gasteiger partial charge in [-0.3, -0.25) is 4.79 Å². The number of hydrogen-bond acceptors (Lipinski definition) is 4. The first-order valence-electron chi connectivity index (χ1n) is 6.50. The SMILES string of the molecule is CCOC(=O)C(Cc1ccc2ccoc2c1)NC(C)=O. The summed E-state index contributed by atoms with van der Waals surface area (Å²) in [5, 5.41) is 3.61. The standard InChI is InChI=1S/C15H17NO4/c1-3-19-15(18)13(16-10(2)17)8-11-4-5-12-6-7-20-14(12)9-11/h4-7,9,13H,3,8H2,1-2H3,(H,16,17). The van der Waals surface area contributed by atoms with Crippen LogP contribution in [0.4, 0.5) is 0 Å². The van der Waals surface area contributed by atoms with E-state index in [-0.39, 0.29) is 12.5 Å². The molecule has 0 saturated heterocycles. The second-order valence-corrected chi connectivity index (χ2v) is 4.50. The Bertz CT molecular complexity index is 617. The van der Waals surface area contributed by atoms with Crippen LogP contribution in [0.15, 0.2) is 34.9 Å². The maximum absolute atomic E-state index is 11.8. The number of carbonyl (C=O) groups excluding carboxylic acids is 2. The van der Waals surface area contributed by atoms with Gasteiger partial charge < -0.3 is 14.5 Å². The van der Waals surface area contributed by atoms with E-state index in [0.717, 1.165) is 16.5 Å². The molecule has 20 heavy (non-hydrogen) atoms. The summed E-state index contributed by atoms with van der Waals surface area (Å²) in [4.78, 5) is 23.0. The van der Waals surface area contributed by atoms with E-state index >= 15 is 0 Å². The van der Waals surface area contributed by atoms with E-state index in [9.17, 15) is 9.59 Å². The fourth-order valence-electron chi connectivity index (χ4n) is 2.04. The quantitative estimate of drug-likeness (QED) is 0.848. The van der Waals surface area contributed by atoms with Gasteiger partial charge in [-0.2, -0.15) is 0 Å². The Labute approximate surface area is 116 Å². The minimum absolute atomic E-state index is 0.262. The molecule has 1 N–H and O–H groups in total. The summed E-state index contributed by atoms with van der Waals surface area (Å²) < 4.78 is 10.3. The van der Waals surface area contributed by atoms with Gasteiger partial charge in [-0.1, -0.05) is 12.1 Å². The Balaban J connectivity index is 2.16. The van der Waals surface area contributed by atoms with Crippen molar-refractivity contribution in [2.45, 2.75) is 26.3 Å². The molecule has 1 aromatic heterocycles. The molecule has 5 nitrogen and oxygen atoms in total. The molecule has 1 atom stereocenters. The van der Waals surface area contributed by atoms with Gasteiger partial charge in [-0.15, -0.1) is 0 Å². The molecule has 0 spiro atoms. The molecule has 1 heterocycles. The van der Waals surface area contributed by atoms with Crippen molar-refractivity contribution in [3.05, 3.63) is 36.1 Å². The third-order valence-corrected chi connectivity index (χ3v) is 2.91. The number of fused-ring (bicyclic) bond motifs is 1. The summed E-state index contributed by atoms with van der Waals surface area (Å²) in [6.07, 6.45) is 1.99. The van der Waals surface area contributed by atoms with E-state index in [1.807, 2.05) is 24.3 Å². The second kappa shape index (κ2) is 6.23. The highest BCUT2D eigenvalue weighted by Gasteiger charge is 2.21. The highest BCUT2D eigenvalue weighted by Crippen LogP contribution is 2.18. The van der Waals surface area contributed by atoms with Crippen molar-refractivity contribution in [3.8, 4) is 0 Å². The molecule has 0 aliphatic carbocycles. The molecule has 1 amide bonds. The van der Waals surface area contributed by atoms with Crippen molar-refractivity contribution < 1.29 is 18.7 Å². The van der Waals surface area contributed by atoms with Gasteiger partial charge in [-0.25, -0.2) is 4.79 Å². The summed E-state index contributed by atoms with van der Waals surface area (Å²) in [7, 11) is 0. The first kappa shape index (κ1) is 14.1. The number of benzene rings is 1. The van der Waals surface area contributed by atoms with Gasteiger partial charge in [0, 0.05) is 18.7 Å². The maximum atomic E-state index is 11.8. The number of esters is 1. The lowest BCUT2D eigenvalue weighted by atomic mass is 10.0. The Morgan fingerprint density at radius 2 is 2.15 bits per heavy atom. The predicted molar refractivity (Wildman–Crippen MR) is 74.2 cm³/mol. The zero-order valence-electron chi connectivity index (χ0n) is 11.5. The Kier molecular flexibility index (Phi) is 4.40. The topological polar surface area (TPSA) is 68.5 Å². The third kappa shape index (κ3) is 3.38. The zero-order valence-corrected chi connectivity index (χ0v) is 11.5. The summed E-state index contributed by atoms with van der Waals surface area (Å²) >= 11 is 0. The third-order valence-electron chi connectivity index (χ3n) is 2.91. The van der Waals surface area contributed by atoms with E-state index in [1.165, 1.54) is 6.92 Å². The molecular formula is C15H17NO4. The van der Waals surface area contributed by atoms with Gasteiger partial charge in [0.05, 0.1) is 12.9 Å². The molecule has 0 bridgehead atoms. The molecule has 0 saturated carbocycles. The van der Waals surface area contributed by atoms with Crippen LogP contribution in [0.2, 0.25) is 0 Å². The molecular weight excluding hydrogens is 258 g/mol. The molecule has 2 rings (SSSR count). The molecule has 1 unspecified atom stereocenters. The highest BCUT2D eigenvalue weighted by atomic mass is 16.5. The molecule has 0 aliphatic heterocycles. The van der Waals surface area contributed by atoms with Crippen LogP contribution >= 0.6 is 0 Å². The van der Waals surface area contributed by atoms with Crippen LogP contribution in [-0.4, -0.2) is 24.5 Å². The number of rotatable bonds is 5. The average Bonchev–Trinajstić information content (AvgIpc) is 2.85. The van der Waals surface area contributed by atoms with Crippen molar-refractivity contribution in [1.29, 1.82) is 0 Å².